The van der Waals surface area contributed by atoms with Gasteiger partial charge in [-0.1, -0.05) is 0 Å². The van der Waals surface area contributed by atoms with Crippen molar-refractivity contribution in [2.45, 2.75) is 20.3 Å². The molecular weight excluding hydrogens is 436 g/mol. The molecule has 0 N–H and O–H groups in total. The van der Waals surface area contributed by atoms with Gasteiger partial charge in [0.25, 0.3) is 5.91 Å². The minimum Gasteiger partial charge on any atom is -0.497 e. The lowest BCUT2D eigenvalue weighted by Crippen LogP contribution is -2.39. The molecule has 9 heteroatoms. The molecule has 2 heterocycles. The van der Waals surface area contributed by atoms with E-state index in [2.05, 4.69) is 5.10 Å². The molecule has 3 aromatic rings. The van der Waals surface area contributed by atoms with Crippen molar-refractivity contribution in [3.63, 3.8) is 0 Å². The van der Waals surface area contributed by atoms with Crippen LogP contribution < -0.4 is 14.5 Å². The molecule has 0 fully saturated rings. The maximum atomic E-state index is 13.7. The molecule has 0 atom stereocenters. The fourth-order valence-corrected chi connectivity index (χ4v) is 3.92. The number of anilines is 2. The Morgan fingerprint density at radius 1 is 1.06 bits per heavy atom. The fraction of sp³-hybridized carbons (Fsp3) is 0.280. The average molecular weight is 463 g/mol. The summed E-state index contributed by atoms with van der Waals surface area (Å²) < 4.78 is 11.9. The number of fused-ring (bicyclic) bond motifs is 1. The third kappa shape index (κ3) is 4.12. The van der Waals surface area contributed by atoms with Crippen molar-refractivity contribution in [1.82, 2.24) is 9.78 Å². The molecule has 1 aliphatic rings. The van der Waals surface area contributed by atoms with E-state index in [1.165, 1.54) is 16.5 Å². The summed E-state index contributed by atoms with van der Waals surface area (Å²) >= 11 is 0. The highest BCUT2D eigenvalue weighted by Crippen LogP contribution is 2.30. The molecule has 0 unspecified atom stereocenters. The van der Waals surface area contributed by atoms with Gasteiger partial charge in [-0.2, -0.15) is 5.10 Å². The fourth-order valence-electron chi connectivity index (χ4n) is 3.92. The predicted octanol–water partition coefficient (Wildman–Crippen LogP) is 3.24. The van der Waals surface area contributed by atoms with E-state index in [0.717, 1.165) is 5.69 Å². The molecule has 9 nitrogen and oxygen atoms in total. The molecule has 0 radical (unpaired) electrons. The van der Waals surface area contributed by atoms with Crippen molar-refractivity contribution in [2.24, 2.45) is 0 Å². The number of hydrogen-bond acceptors (Lipinski definition) is 6. The summed E-state index contributed by atoms with van der Waals surface area (Å²) in [5, 5.41) is 4.48. The van der Waals surface area contributed by atoms with Gasteiger partial charge in [-0.3, -0.25) is 9.59 Å². The van der Waals surface area contributed by atoms with Crippen LogP contribution in [0.3, 0.4) is 0 Å². The van der Waals surface area contributed by atoms with Gasteiger partial charge in [-0.05, 0) is 61.9 Å². The zero-order chi connectivity index (χ0) is 24.4. The van der Waals surface area contributed by atoms with Crippen LogP contribution >= 0.6 is 0 Å². The van der Waals surface area contributed by atoms with Gasteiger partial charge in [-0.25, -0.2) is 9.48 Å². The maximum Gasteiger partial charge on any atom is 0.359 e. The third-order valence-corrected chi connectivity index (χ3v) is 5.82. The zero-order valence-corrected chi connectivity index (χ0v) is 19.6. The number of aromatic nitrogens is 2. The van der Waals surface area contributed by atoms with Gasteiger partial charge in [0, 0.05) is 37.5 Å². The largest absolute Gasteiger partial charge is 0.497 e. The number of rotatable bonds is 6. The summed E-state index contributed by atoms with van der Waals surface area (Å²) in [5.41, 5.74) is 3.10. The Morgan fingerprint density at radius 3 is 2.29 bits per heavy atom. The minimum atomic E-state index is -0.552. The van der Waals surface area contributed by atoms with Gasteiger partial charge < -0.3 is 19.3 Å². The molecule has 0 saturated carbocycles. The lowest BCUT2D eigenvalue weighted by molar-refractivity contribution is -0.116. The molecule has 1 aliphatic heterocycles. The number of ether oxygens (including phenoxy) is 2. The Kier molecular flexibility index (Phi) is 6.36. The number of nitrogens with zero attached hydrogens (tertiary/aromatic N) is 4. The highest BCUT2D eigenvalue weighted by atomic mass is 16.5. The highest BCUT2D eigenvalue weighted by Gasteiger charge is 2.35. The quantitative estimate of drug-likeness (QED) is 0.522. The van der Waals surface area contributed by atoms with Crippen LogP contribution in [0.15, 0.2) is 48.5 Å². The second-order valence-corrected chi connectivity index (χ2v) is 7.81. The number of carbonyl (C=O) groups excluding carboxylic acids is 3. The van der Waals surface area contributed by atoms with Crippen LogP contribution in [-0.2, 0) is 16.0 Å². The number of carbonyl (C=O) groups is 3. The Bertz CT molecular complexity index is 1230. The maximum absolute atomic E-state index is 13.7. The molecule has 0 saturated heterocycles. The summed E-state index contributed by atoms with van der Waals surface area (Å²) in [6.45, 7) is 3.81. The Morgan fingerprint density at radius 2 is 1.71 bits per heavy atom. The molecule has 0 aliphatic carbocycles. The SMILES string of the molecule is CCOC(=O)c1nn(-c2ccc(OC)cc2)c2c1CCN(c1ccc(N(C)C(C)=O)cc1)C2=O. The summed E-state index contributed by atoms with van der Waals surface area (Å²) in [5.74, 6) is -0.239. The van der Waals surface area contributed by atoms with Gasteiger partial charge >= 0.3 is 5.97 Å². The van der Waals surface area contributed by atoms with Crippen molar-refractivity contribution in [2.75, 3.05) is 37.1 Å². The standard InChI is InChI=1S/C25H26N4O5/c1-5-34-25(32)22-21-14-15-28(18-8-6-17(7-9-18)27(3)16(2)30)24(31)23(21)29(26-22)19-10-12-20(33-4)13-11-19/h6-13H,5,14-15H2,1-4H3. The summed E-state index contributed by atoms with van der Waals surface area (Å²) in [4.78, 5) is 41.1. The van der Waals surface area contributed by atoms with Crippen LogP contribution in [-0.4, -0.2) is 54.9 Å². The lowest BCUT2D eigenvalue weighted by Gasteiger charge is -2.28. The Balaban J connectivity index is 1.75. The molecule has 0 spiro atoms. The van der Waals surface area contributed by atoms with E-state index < -0.39 is 5.97 Å². The number of hydrogen-bond donors (Lipinski definition) is 0. The van der Waals surface area contributed by atoms with Gasteiger partial charge in [0.1, 0.15) is 11.4 Å². The van der Waals surface area contributed by atoms with Gasteiger partial charge in [-0.15, -0.1) is 0 Å². The van der Waals surface area contributed by atoms with Crippen LogP contribution in [0.2, 0.25) is 0 Å². The Labute approximate surface area is 197 Å². The molecule has 0 bridgehead atoms. The molecule has 4 rings (SSSR count). The molecule has 34 heavy (non-hydrogen) atoms. The summed E-state index contributed by atoms with van der Waals surface area (Å²) in [7, 11) is 3.27. The van der Waals surface area contributed by atoms with Crippen LogP contribution in [0, 0.1) is 0 Å². The summed E-state index contributed by atoms with van der Waals surface area (Å²) in [6.07, 6.45) is 0.445. The first kappa shape index (κ1) is 23.0. The number of benzene rings is 2. The van der Waals surface area contributed by atoms with E-state index in [9.17, 15) is 14.4 Å². The molecule has 1 aromatic heterocycles. The van der Waals surface area contributed by atoms with Crippen molar-refractivity contribution < 1.29 is 23.9 Å². The van der Waals surface area contributed by atoms with Crippen LogP contribution in [0.25, 0.3) is 5.69 Å². The molecule has 2 aromatic carbocycles. The number of esters is 1. The van der Waals surface area contributed by atoms with Gasteiger partial charge in [0.05, 0.1) is 19.4 Å². The topological polar surface area (TPSA) is 94.0 Å². The predicted molar refractivity (Wildman–Crippen MR) is 127 cm³/mol. The second kappa shape index (κ2) is 9.38. The molecule has 2 amide bonds. The average Bonchev–Trinajstić information content (AvgIpc) is 3.25. The number of amides is 2. The first-order valence-electron chi connectivity index (χ1n) is 10.9. The van der Waals surface area contributed by atoms with E-state index in [4.69, 9.17) is 9.47 Å². The minimum absolute atomic E-state index is 0.0821. The monoisotopic (exact) mass is 462 g/mol. The first-order chi connectivity index (χ1) is 16.3. The van der Waals surface area contributed by atoms with Crippen molar-refractivity contribution >= 4 is 29.2 Å². The van der Waals surface area contributed by atoms with Gasteiger partial charge in [0.15, 0.2) is 5.69 Å². The van der Waals surface area contributed by atoms with Crippen LogP contribution in [0.4, 0.5) is 11.4 Å². The molecular formula is C25H26N4O5. The van der Waals surface area contributed by atoms with E-state index in [1.807, 2.05) is 0 Å². The normalized spacial score (nSPS) is 12.8. The van der Waals surface area contributed by atoms with E-state index in [0.29, 0.717) is 41.3 Å². The van der Waals surface area contributed by atoms with Crippen molar-refractivity contribution in [3.05, 3.63) is 65.5 Å². The first-order valence-corrected chi connectivity index (χ1v) is 10.9. The second-order valence-electron chi connectivity index (χ2n) is 7.81. The highest BCUT2D eigenvalue weighted by molar-refractivity contribution is 6.09. The van der Waals surface area contributed by atoms with Gasteiger partial charge in [0.2, 0.25) is 5.91 Å². The summed E-state index contributed by atoms with van der Waals surface area (Å²) in [6, 6.07) is 14.3. The lowest BCUT2D eigenvalue weighted by atomic mass is 10.0. The smallest absolute Gasteiger partial charge is 0.359 e. The third-order valence-electron chi connectivity index (χ3n) is 5.82. The van der Waals surface area contributed by atoms with Crippen LogP contribution in [0.5, 0.6) is 5.75 Å². The van der Waals surface area contributed by atoms with E-state index in [1.54, 1.807) is 74.5 Å². The van der Waals surface area contributed by atoms with E-state index >= 15 is 0 Å². The zero-order valence-electron chi connectivity index (χ0n) is 19.6. The Hall–Kier alpha value is -4.14. The van der Waals surface area contributed by atoms with Crippen molar-refractivity contribution in [1.29, 1.82) is 0 Å². The van der Waals surface area contributed by atoms with Crippen molar-refractivity contribution in [3.8, 4) is 11.4 Å². The van der Waals surface area contributed by atoms with E-state index in [-0.39, 0.29) is 24.1 Å². The molecule has 176 valence electrons. The van der Waals surface area contributed by atoms with Crippen LogP contribution in [0.1, 0.15) is 40.4 Å². The number of methoxy groups -OCH3 is 1.